The first-order valence-electron chi connectivity index (χ1n) is 6.46. The Hall–Kier alpha value is -1.13. The van der Waals surface area contributed by atoms with Crippen LogP contribution in [0.1, 0.15) is 6.42 Å². The molecule has 0 bridgehead atoms. The largest absolute Gasteiger partial charge is 0.490 e. The zero-order valence-corrected chi connectivity index (χ0v) is 10.8. The van der Waals surface area contributed by atoms with Crippen LogP contribution >= 0.6 is 0 Å². The summed E-state index contributed by atoms with van der Waals surface area (Å²) in [4.78, 5) is 2.30. The highest BCUT2D eigenvalue weighted by molar-refractivity contribution is 5.23. The number of hydrogen-bond acceptors (Lipinski definition) is 3. The van der Waals surface area contributed by atoms with E-state index >= 15 is 0 Å². The van der Waals surface area contributed by atoms with E-state index in [4.69, 9.17) is 10.5 Å². The molecule has 0 spiro atoms. The van der Waals surface area contributed by atoms with Crippen molar-refractivity contribution in [3.05, 3.63) is 30.1 Å². The monoisotopic (exact) mass is 252 g/mol. The zero-order chi connectivity index (χ0) is 13.0. The summed E-state index contributed by atoms with van der Waals surface area (Å²) in [6.45, 7) is 3.26. The molecule has 0 aromatic heterocycles. The van der Waals surface area contributed by atoms with Crippen molar-refractivity contribution in [1.82, 2.24) is 4.90 Å². The smallest absolute Gasteiger partial charge is 0.165 e. The first kappa shape index (κ1) is 13.3. The Labute approximate surface area is 108 Å². The highest BCUT2D eigenvalue weighted by Gasteiger charge is 2.27. The van der Waals surface area contributed by atoms with E-state index in [0.29, 0.717) is 30.7 Å². The Morgan fingerprint density at radius 2 is 2.28 bits per heavy atom. The highest BCUT2D eigenvalue weighted by atomic mass is 19.1. The van der Waals surface area contributed by atoms with Crippen molar-refractivity contribution >= 4 is 0 Å². The summed E-state index contributed by atoms with van der Waals surface area (Å²) < 4.78 is 19.0. The Morgan fingerprint density at radius 1 is 1.50 bits per heavy atom. The minimum atomic E-state index is -0.309. The van der Waals surface area contributed by atoms with E-state index in [2.05, 4.69) is 11.9 Å². The second-order valence-corrected chi connectivity index (χ2v) is 5.05. The van der Waals surface area contributed by atoms with Crippen molar-refractivity contribution in [3.8, 4) is 5.75 Å². The molecule has 2 atom stereocenters. The lowest BCUT2D eigenvalue weighted by Crippen LogP contribution is -2.30. The molecule has 2 unspecified atom stereocenters. The van der Waals surface area contributed by atoms with Gasteiger partial charge in [-0.2, -0.15) is 0 Å². The minimum Gasteiger partial charge on any atom is -0.490 e. The summed E-state index contributed by atoms with van der Waals surface area (Å²) in [6, 6.07) is 6.51. The Bertz CT molecular complexity index is 386. The third-order valence-electron chi connectivity index (χ3n) is 3.69. The third-order valence-corrected chi connectivity index (χ3v) is 3.69. The number of nitrogens with two attached hydrogens (primary N) is 1. The van der Waals surface area contributed by atoms with E-state index in [1.807, 2.05) is 0 Å². The van der Waals surface area contributed by atoms with E-state index in [1.165, 1.54) is 6.07 Å². The summed E-state index contributed by atoms with van der Waals surface area (Å²) in [7, 11) is 2.12. The van der Waals surface area contributed by atoms with Gasteiger partial charge >= 0.3 is 0 Å². The molecule has 2 rings (SSSR count). The van der Waals surface area contributed by atoms with Crippen molar-refractivity contribution in [2.24, 2.45) is 17.6 Å². The SMILES string of the molecule is CN1CCC(C(CN)COc2ccccc2F)C1. The predicted molar refractivity (Wildman–Crippen MR) is 70.0 cm³/mol. The summed E-state index contributed by atoms with van der Waals surface area (Å²) in [5, 5.41) is 0. The van der Waals surface area contributed by atoms with Crippen LogP contribution in [0.5, 0.6) is 5.75 Å². The number of rotatable bonds is 5. The fourth-order valence-corrected chi connectivity index (χ4v) is 2.51. The second kappa shape index (κ2) is 6.16. The van der Waals surface area contributed by atoms with Crippen LogP contribution < -0.4 is 10.5 Å². The molecular formula is C14H21FN2O. The van der Waals surface area contributed by atoms with Gasteiger partial charge in [0.15, 0.2) is 11.6 Å². The van der Waals surface area contributed by atoms with Crippen molar-refractivity contribution in [3.63, 3.8) is 0 Å². The van der Waals surface area contributed by atoms with Crippen LogP contribution in [-0.2, 0) is 0 Å². The molecule has 1 aromatic carbocycles. The average Bonchev–Trinajstić information content (AvgIpc) is 2.79. The second-order valence-electron chi connectivity index (χ2n) is 5.05. The van der Waals surface area contributed by atoms with Gasteiger partial charge in [0.25, 0.3) is 0 Å². The van der Waals surface area contributed by atoms with E-state index in [1.54, 1.807) is 18.2 Å². The molecule has 4 heteroatoms. The van der Waals surface area contributed by atoms with Crippen LogP contribution in [-0.4, -0.2) is 38.2 Å². The van der Waals surface area contributed by atoms with Gasteiger partial charge < -0.3 is 15.4 Å². The molecule has 1 aliphatic heterocycles. The van der Waals surface area contributed by atoms with Gasteiger partial charge in [-0.15, -0.1) is 0 Å². The van der Waals surface area contributed by atoms with Crippen LogP contribution in [0.25, 0.3) is 0 Å². The van der Waals surface area contributed by atoms with Crippen LogP contribution in [0.2, 0.25) is 0 Å². The molecule has 0 radical (unpaired) electrons. The Morgan fingerprint density at radius 3 is 2.89 bits per heavy atom. The first-order chi connectivity index (χ1) is 8.70. The van der Waals surface area contributed by atoms with Crippen molar-refractivity contribution in [1.29, 1.82) is 0 Å². The fraction of sp³-hybridized carbons (Fsp3) is 0.571. The van der Waals surface area contributed by atoms with Gasteiger partial charge in [-0.3, -0.25) is 0 Å². The maximum Gasteiger partial charge on any atom is 0.165 e. The number of halogens is 1. The van der Waals surface area contributed by atoms with E-state index < -0.39 is 0 Å². The molecule has 3 nitrogen and oxygen atoms in total. The number of para-hydroxylation sites is 1. The molecule has 1 aromatic rings. The summed E-state index contributed by atoms with van der Waals surface area (Å²) >= 11 is 0. The van der Waals surface area contributed by atoms with Gasteiger partial charge in [-0.05, 0) is 44.6 Å². The Balaban J connectivity index is 1.89. The van der Waals surface area contributed by atoms with Crippen molar-refractivity contribution in [2.45, 2.75) is 6.42 Å². The van der Waals surface area contributed by atoms with Gasteiger partial charge in [-0.25, -0.2) is 4.39 Å². The number of benzene rings is 1. The van der Waals surface area contributed by atoms with Crippen molar-refractivity contribution in [2.75, 3.05) is 33.3 Å². The maximum absolute atomic E-state index is 13.4. The van der Waals surface area contributed by atoms with Crippen LogP contribution in [0, 0.1) is 17.7 Å². The standard InChI is InChI=1S/C14H21FN2O/c1-17-7-6-11(9-17)12(8-16)10-18-14-5-3-2-4-13(14)15/h2-5,11-12H,6-10,16H2,1H3. The summed E-state index contributed by atoms with van der Waals surface area (Å²) in [5.41, 5.74) is 5.81. The van der Waals surface area contributed by atoms with Crippen LogP contribution in [0.15, 0.2) is 24.3 Å². The highest BCUT2D eigenvalue weighted by Crippen LogP contribution is 2.24. The molecule has 1 saturated heterocycles. The predicted octanol–water partition coefficient (Wildman–Crippen LogP) is 1.73. The summed E-state index contributed by atoms with van der Waals surface area (Å²) in [5.74, 6) is 0.875. The van der Waals surface area contributed by atoms with E-state index in [0.717, 1.165) is 19.5 Å². The lowest BCUT2D eigenvalue weighted by Gasteiger charge is -2.22. The van der Waals surface area contributed by atoms with Crippen LogP contribution in [0.3, 0.4) is 0 Å². The molecule has 18 heavy (non-hydrogen) atoms. The molecule has 2 N–H and O–H groups in total. The molecule has 0 amide bonds. The lowest BCUT2D eigenvalue weighted by atomic mass is 9.92. The minimum absolute atomic E-state index is 0.301. The molecule has 1 aliphatic rings. The van der Waals surface area contributed by atoms with E-state index in [9.17, 15) is 4.39 Å². The van der Waals surface area contributed by atoms with E-state index in [-0.39, 0.29) is 5.82 Å². The first-order valence-corrected chi connectivity index (χ1v) is 6.46. The molecule has 1 heterocycles. The molecule has 0 aliphatic carbocycles. The van der Waals surface area contributed by atoms with Gasteiger partial charge in [0.05, 0.1) is 6.61 Å². The number of hydrogen-bond donors (Lipinski definition) is 1. The molecule has 100 valence electrons. The zero-order valence-electron chi connectivity index (χ0n) is 10.8. The van der Waals surface area contributed by atoms with Gasteiger partial charge in [0.2, 0.25) is 0 Å². The van der Waals surface area contributed by atoms with Crippen LogP contribution in [0.4, 0.5) is 4.39 Å². The molecule has 1 fully saturated rings. The maximum atomic E-state index is 13.4. The lowest BCUT2D eigenvalue weighted by molar-refractivity contribution is 0.193. The van der Waals surface area contributed by atoms with Gasteiger partial charge in [0.1, 0.15) is 0 Å². The molecular weight excluding hydrogens is 231 g/mol. The average molecular weight is 252 g/mol. The fourth-order valence-electron chi connectivity index (χ4n) is 2.51. The van der Waals surface area contributed by atoms with Crippen molar-refractivity contribution < 1.29 is 9.13 Å². The topological polar surface area (TPSA) is 38.5 Å². The number of nitrogens with zero attached hydrogens (tertiary/aromatic N) is 1. The number of ether oxygens (including phenoxy) is 1. The quantitative estimate of drug-likeness (QED) is 0.867. The normalized spacial score (nSPS) is 22.1. The van der Waals surface area contributed by atoms with Gasteiger partial charge in [0, 0.05) is 12.5 Å². The molecule has 0 saturated carbocycles. The van der Waals surface area contributed by atoms with Gasteiger partial charge in [-0.1, -0.05) is 12.1 Å². The number of likely N-dealkylation sites (tertiary alicyclic amines) is 1. The Kier molecular flexibility index (Phi) is 4.55. The summed E-state index contributed by atoms with van der Waals surface area (Å²) in [6.07, 6.45) is 1.15. The third kappa shape index (κ3) is 3.21.